The summed E-state index contributed by atoms with van der Waals surface area (Å²) >= 11 is 11.8. The van der Waals surface area contributed by atoms with Crippen molar-refractivity contribution in [2.45, 2.75) is 13.8 Å². The maximum atomic E-state index is 12.3. The van der Waals surface area contributed by atoms with Crippen LogP contribution in [0.4, 0.5) is 0 Å². The molecule has 0 aliphatic rings. The van der Waals surface area contributed by atoms with Crippen molar-refractivity contribution in [2.75, 3.05) is 0 Å². The van der Waals surface area contributed by atoms with Crippen molar-refractivity contribution in [1.29, 1.82) is 0 Å². The Kier molecular flexibility index (Phi) is 3.69. The van der Waals surface area contributed by atoms with Crippen molar-refractivity contribution in [3.63, 3.8) is 0 Å². The highest BCUT2D eigenvalue weighted by atomic mass is 35.5. The third-order valence-electron chi connectivity index (χ3n) is 2.80. The molecule has 18 heavy (non-hydrogen) atoms. The van der Waals surface area contributed by atoms with E-state index >= 15 is 0 Å². The average molecular weight is 280 g/mol. The van der Waals surface area contributed by atoms with Crippen molar-refractivity contribution < 1.29 is 4.79 Å². The van der Waals surface area contributed by atoms with E-state index in [1.54, 1.807) is 18.2 Å². The fourth-order valence-corrected chi connectivity index (χ4v) is 1.94. The largest absolute Gasteiger partial charge is 0.287 e. The molecule has 0 aliphatic carbocycles. The number of pyridine rings is 1. The van der Waals surface area contributed by atoms with Crippen molar-refractivity contribution >= 4 is 29.0 Å². The van der Waals surface area contributed by atoms with Crippen LogP contribution in [0.25, 0.3) is 0 Å². The van der Waals surface area contributed by atoms with Gasteiger partial charge >= 0.3 is 0 Å². The van der Waals surface area contributed by atoms with Gasteiger partial charge in [-0.25, -0.2) is 4.98 Å². The van der Waals surface area contributed by atoms with E-state index in [4.69, 9.17) is 23.2 Å². The van der Waals surface area contributed by atoms with Gasteiger partial charge < -0.3 is 0 Å². The van der Waals surface area contributed by atoms with Gasteiger partial charge in [0.1, 0.15) is 10.8 Å². The first-order chi connectivity index (χ1) is 8.49. The summed E-state index contributed by atoms with van der Waals surface area (Å²) in [6.07, 6.45) is 0. The molecule has 0 radical (unpaired) electrons. The molecule has 0 fully saturated rings. The lowest BCUT2D eigenvalue weighted by molar-refractivity contribution is 0.103. The number of halogens is 2. The predicted octanol–water partition coefficient (Wildman–Crippen LogP) is 4.24. The van der Waals surface area contributed by atoms with Crippen LogP contribution < -0.4 is 0 Å². The molecule has 0 spiro atoms. The number of aromatic nitrogens is 1. The minimum atomic E-state index is -0.217. The Morgan fingerprint density at radius 2 is 1.78 bits per heavy atom. The quantitative estimate of drug-likeness (QED) is 0.608. The topological polar surface area (TPSA) is 30.0 Å². The average Bonchev–Trinajstić information content (AvgIpc) is 2.35. The van der Waals surface area contributed by atoms with E-state index < -0.39 is 0 Å². The van der Waals surface area contributed by atoms with Crippen LogP contribution in [0, 0.1) is 13.8 Å². The van der Waals surface area contributed by atoms with E-state index in [9.17, 15) is 4.79 Å². The molecular formula is C14H11Cl2NO. The third kappa shape index (κ3) is 2.55. The summed E-state index contributed by atoms with van der Waals surface area (Å²) in [4.78, 5) is 16.3. The van der Waals surface area contributed by atoms with E-state index in [0.29, 0.717) is 10.6 Å². The van der Waals surface area contributed by atoms with Crippen LogP contribution >= 0.6 is 23.2 Å². The second kappa shape index (κ2) is 5.09. The molecule has 0 N–H and O–H groups in total. The maximum absolute atomic E-state index is 12.3. The van der Waals surface area contributed by atoms with Crippen LogP contribution in [0.3, 0.4) is 0 Å². The second-order valence-corrected chi connectivity index (χ2v) is 4.89. The molecule has 0 amide bonds. The van der Waals surface area contributed by atoms with Gasteiger partial charge in [-0.2, -0.15) is 0 Å². The van der Waals surface area contributed by atoms with Gasteiger partial charge in [-0.15, -0.1) is 0 Å². The zero-order valence-electron chi connectivity index (χ0n) is 10.00. The van der Waals surface area contributed by atoms with Crippen LogP contribution in [-0.2, 0) is 0 Å². The van der Waals surface area contributed by atoms with Gasteiger partial charge in [0, 0.05) is 5.56 Å². The molecule has 0 aliphatic heterocycles. The molecule has 1 aromatic carbocycles. The third-order valence-corrected chi connectivity index (χ3v) is 3.31. The summed E-state index contributed by atoms with van der Waals surface area (Å²) in [7, 11) is 0. The molecule has 0 saturated carbocycles. The molecule has 4 heteroatoms. The summed E-state index contributed by atoms with van der Waals surface area (Å²) in [6.45, 7) is 3.95. The molecule has 0 saturated heterocycles. The Labute approximate surface area is 116 Å². The summed E-state index contributed by atoms with van der Waals surface area (Å²) in [5.41, 5.74) is 2.94. The number of nitrogens with zero attached hydrogens (tertiary/aromatic N) is 1. The zero-order valence-corrected chi connectivity index (χ0v) is 11.5. The second-order valence-electron chi connectivity index (χ2n) is 4.09. The summed E-state index contributed by atoms with van der Waals surface area (Å²) in [5, 5.41) is 0.564. The van der Waals surface area contributed by atoms with Gasteiger partial charge in [0.25, 0.3) is 0 Å². The van der Waals surface area contributed by atoms with E-state index in [1.165, 1.54) is 0 Å². The van der Waals surface area contributed by atoms with Crippen molar-refractivity contribution in [2.24, 2.45) is 0 Å². The van der Waals surface area contributed by atoms with Crippen LogP contribution in [0.2, 0.25) is 10.2 Å². The Bertz CT molecular complexity index is 623. The van der Waals surface area contributed by atoms with Crippen molar-refractivity contribution in [3.8, 4) is 0 Å². The van der Waals surface area contributed by atoms with Crippen LogP contribution in [0.15, 0.2) is 30.3 Å². The van der Waals surface area contributed by atoms with Crippen molar-refractivity contribution in [1.82, 2.24) is 4.98 Å². The van der Waals surface area contributed by atoms with E-state index in [1.807, 2.05) is 26.0 Å². The highest BCUT2D eigenvalue weighted by molar-refractivity contribution is 6.35. The highest BCUT2D eigenvalue weighted by Crippen LogP contribution is 2.21. The molecule has 2 nitrogen and oxygen atoms in total. The number of benzene rings is 1. The fraction of sp³-hybridized carbons (Fsp3) is 0.143. The minimum Gasteiger partial charge on any atom is -0.287 e. The monoisotopic (exact) mass is 279 g/mol. The van der Waals surface area contributed by atoms with Gasteiger partial charge in [-0.3, -0.25) is 4.79 Å². The van der Waals surface area contributed by atoms with Gasteiger partial charge in [-0.05, 0) is 43.2 Å². The molecule has 92 valence electrons. The van der Waals surface area contributed by atoms with Crippen molar-refractivity contribution in [3.05, 3.63) is 62.9 Å². The predicted molar refractivity (Wildman–Crippen MR) is 73.6 cm³/mol. The molecule has 0 unspecified atom stereocenters. The molecule has 0 atom stereocenters. The molecular weight excluding hydrogens is 269 g/mol. The standard InChI is InChI=1S/C14H11Cl2NO/c1-8-3-4-10(7-9(8)2)14(18)13-11(15)5-6-12(16)17-13/h3-7H,1-2H3. The lowest BCUT2D eigenvalue weighted by atomic mass is 10.0. The Balaban J connectivity index is 2.47. The summed E-state index contributed by atoms with van der Waals surface area (Å²) in [5.74, 6) is -0.217. The number of hydrogen-bond acceptors (Lipinski definition) is 2. The zero-order chi connectivity index (χ0) is 13.3. The van der Waals surface area contributed by atoms with Gasteiger partial charge in [0.05, 0.1) is 5.02 Å². The number of hydrogen-bond donors (Lipinski definition) is 0. The van der Waals surface area contributed by atoms with E-state index in [0.717, 1.165) is 11.1 Å². The SMILES string of the molecule is Cc1ccc(C(=O)c2nc(Cl)ccc2Cl)cc1C. The molecule has 0 bridgehead atoms. The Hall–Kier alpha value is -1.38. The molecule has 1 heterocycles. The first-order valence-electron chi connectivity index (χ1n) is 5.43. The lowest BCUT2D eigenvalue weighted by Crippen LogP contribution is -2.05. The summed E-state index contributed by atoms with van der Waals surface area (Å²) in [6, 6.07) is 8.63. The Morgan fingerprint density at radius 3 is 2.44 bits per heavy atom. The number of rotatable bonds is 2. The normalized spacial score (nSPS) is 10.4. The summed E-state index contributed by atoms with van der Waals surface area (Å²) < 4.78 is 0. The fourth-order valence-electron chi connectivity index (χ4n) is 1.60. The number of ketones is 1. The lowest BCUT2D eigenvalue weighted by Gasteiger charge is -2.06. The molecule has 2 aromatic rings. The number of carbonyl (C=O) groups excluding carboxylic acids is 1. The van der Waals surface area contributed by atoms with Gasteiger partial charge in [0.2, 0.25) is 5.78 Å². The van der Waals surface area contributed by atoms with E-state index in [2.05, 4.69) is 4.98 Å². The van der Waals surface area contributed by atoms with Crippen LogP contribution in [0.5, 0.6) is 0 Å². The van der Waals surface area contributed by atoms with Crippen LogP contribution in [0.1, 0.15) is 27.2 Å². The first-order valence-corrected chi connectivity index (χ1v) is 6.18. The van der Waals surface area contributed by atoms with E-state index in [-0.39, 0.29) is 16.6 Å². The molecule has 2 rings (SSSR count). The number of carbonyl (C=O) groups is 1. The first kappa shape index (κ1) is 13.1. The van der Waals surface area contributed by atoms with Crippen LogP contribution in [-0.4, -0.2) is 10.8 Å². The van der Waals surface area contributed by atoms with Gasteiger partial charge in [-0.1, -0.05) is 35.3 Å². The highest BCUT2D eigenvalue weighted by Gasteiger charge is 2.15. The number of aryl methyl sites for hydroxylation is 2. The smallest absolute Gasteiger partial charge is 0.212 e. The minimum absolute atomic E-state index is 0.187. The molecule has 1 aromatic heterocycles. The van der Waals surface area contributed by atoms with Gasteiger partial charge in [0.15, 0.2) is 0 Å². The Morgan fingerprint density at radius 1 is 1.06 bits per heavy atom. The maximum Gasteiger partial charge on any atom is 0.212 e.